The predicted octanol–water partition coefficient (Wildman–Crippen LogP) is 5.18. The van der Waals surface area contributed by atoms with Gasteiger partial charge in [-0.2, -0.15) is 0 Å². The summed E-state index contributed by atoms with van der Waals surface area (Å²) in [6, 6.07) is 17.8. The van der Waals surface area contributed by atoms with Crippen molar-refractivity contribution >= 4 is 12.1 Å². The molecule has 2 aliphatic rings. The highest BCUT2D eigenvalue weighted by Crippen LogP contribution is 2.50. The molecule has 0 unspecified atom stereocenters. The molecule has 186 valence electrons. The average molecular weight is 477 g/mol. The Balaban J connectivity index is 1.54. The lowest BCUT2D eigenvalue weighted by molar-refractivity contribution is -0.131. The summed E-state index contributed by atoms with van der Waals surface area (Å²) in [5, 5.41) is 0. The molecule has 2 aromatic carbocycles. The minimum atomic E-state index is -0.320. The first-order valence-electron chi connectivity index (χ1n) is 12.5. The summed E-state index contributed by atoms with van der Waals surface area (Å²) in [6.45, 7) is 8.46. The number of likely N-dealkylation sites (tertiary alicyclic amines) is 1. The maximum Gasteiger partial charge on any atom is 0.410 e. The minimum absolute atomic E-state index is 0.0814. The van der Waals surface area contributed by atoms with Crippen molar-refractivity contribution in [2.75, 3.05) is 26.7 Å². The Kier molecular flexibility index (Phi) is 7.91. The van der Waals surface area contributed by atoms with Gasteiger partial charge in [0.15, 0.2) is 0 Å². The SMILES string of the molecule is C=CCN1CC[C@@]2(c3cccc(OC(C)=O)c3)C[C@H](N(C)C(=O)OCc3ccccc3)CC[C@@H]2C1. The van der Waals surface area contributed by atoms with E-state index < -0.39 is 0 Å². The molecule has 0 radical (unpaired) electrons. The van der Waals surface area contributed by atoms with Crippen LogP contribution in [0.2, 0.25) is 0 Å². The Morgan fingerprint density at radius 2 is 1.97 bits per heavy atom. The molecule has 6 heteroatoms. The van der Waals surface area contributed by atoms with E-state index in [9.17, 15) is 9.59 Å². The molecular weight excluding hydrogens is 440 g/mol. The Morgan fingerprint density at radius 1 is 1.17 bits per heavy atom. The molecule has 0 N–H and O–H groups in total. The van der Waals surface area contributed by atoms with Crippen molar-refractivity contribution in [1.82, 2.24) is 9.80 Å². The summed E-state index contributed by atoms with van der Waals surface area (Å²) in [4.78, 5) is 28.8. The third-order valence-corrected chi connectivity index (χ3v) is 7.68. The van der Waals surface area contributed by atoms with Gasteiger partial charge in [0, 0.05) is 38.5 Å². The van der Waals surface area contributed by atoms with Crippen LogP contribution in [0.1, 0.15) is 43.7 Å². The van der Waals surface area contributed by atoms with Crippen molar-refractivity contribution in [2.45, 2.75) is 50.7 Å². The number of rotatable bonds is 7. The van der Waals surface area contributed by atoms with Gasteiger partial charge in [-0.05, 0) is 61.4 Å². The molecular formula is C29H36N2O4. The number of fused-ring (bicyclic) bond motifs is 1. The van der Waals surface area contributed by atoms with Crippen LogP contribution in [-0.2, 0) is 21.6 Å². The molecule has 35 heavy (non-hydrogen) atoms. The van der Waals surface area contributed by atoms with Crippen LogP contribution < -0.4 is 4.74 Å². The topological polar surface area (TPSA) is 59.1 Å². The van der Waals surface area contributed by atoms with Gasteiger partial charge in [0.2, 0.25) is 0 Å². The second-order valence-electron chi connectivity index (χ2n) is 9.86. The van der Waals surface area contributed by atoms with Crippen LogP contribution in [0.15, 0.2) is 67.3 Å². The molecule has 0 bridgehead atoms. The van der Waals surface area contributed by atoms with E-state index in [1.807, 2.05) is 61.7 Å². The first-order chi connectivity index (χ1) is 16.9. The van der Waals surface area contributed by atoms with Crippen LogP contribution in [0.4, 0.5) is 4.79 Å². The van der Waals surface area contributed by atoms with Crippen molar-refractivity contribution in [3.63, 3.8) is 0 Å². The number of ether oxygens (including phenoxy) is 2. The summed E-state index contributed by atoms with van der Waals surface area (Å²) in [5.41, 5.74) is 2.08. The summed E-state index contributed by atoms with van der Waals surface area (Å²) in [7, 11) is 1.86. The van der Waals surface area contributed by atoms with Crippen LogP contribution in [0.25, 0.3) is 0 Å². The molecule has 1 aliphatic heterocycles. The van der Waals surface area contributed by atoms with Gasteiger partial charge in [-0.25, -0.2) is 4.79 Å². The third-order valence-electron chi connectivity index (χ3n) is 7.68. The Bertz CT molecular complexity index is 1040. The largest absolute Gasteiger partial charge is 0.445 e. The van der Waals surface area contributed by atoms with Crippen LogP contribution in [-0.4, -0.2) is 54.6 Å². The van der Waals surface area contributed by atoms with Crippen molar-refractivity contribution in [1.29, 1.82) is 0 Å². The number of piperidine rings is 1. The van der Waals surface area contributed by atoms with Gasteiger partial charge in [-0.15, -0.1) is 6.58 Å². The first kappa shape index (κ1) is 25.0. The molecule has 1 amide bonds. The molecule has 4 rings (SSSR count). The third kappa shape index (κ3) is 5.76. The number of hydrogen-bond donors (Lipinski definition) is 0. The Labute approximate surface area is 208 Å². The fraction of sp³-hybridized carbons (Fsp3) is 0.448. The minimum Gasteiger partial charge on any atom is -0.445 e. The molecule has 1 saturated carbocycles. The van der Waals surface area contributed by atoms with E-state index in [1.165, 1.54) is 12.5 Å². The highest BCUT2D eigenvalue weighted by atomic mass is 16.6. The zero-order valence-corrected chi connectivity index (χ0v) is 20.8. The molecule has 2 aromatic rings. The van der Waals surface area contributed by atoms with Crippen molar-refractivity contribution in [3.05, 3.63) is 78.4 Å². The predicted molar refractivity (Wildman–Crippen MR) is 136 cm³/mol. The molecule has 1 heterocycles. The number of hydrogen-bond acceptors (Lipinski definition) is 5. The van der Waals surface area contributed by atoms with Gasteiger partial charge in [0.05, 0.1) is 0 Å². The molecule has 0 spiro atoms. The highest BCUT2D eigenvalue weighted by molar-refractivity contribution is 5.69. The van der Waals surface area contributed by atoms with Crippen LogP contribution in [0, 0.1) is 5.92 Å². The zero-order valence-electron chi connectivity index (χ0n) is 20.8. The first-order valence-corrected chi connectivity index (χ1v) is 12.5. The molecule has 3 atom stereocenters. The van der Waals surface area contributed by atoms with Crippen LogP contribution in [0.5, 0.6) is 5.75 Å². The summed E-state index contributed by atoms with van der Waals surface area (Å²) in [6.07, 6.45) is 5.49. The van der Waals surface area contributed by atoms with E-state index in [4.69, 9.17) is 9.47 Å². The Morgan fingerprint density at radius 3 is 2.71 bits per heavy atom. The van der Waals surface area contributed by atoms with Crippen LogP contribution in [0.3, 0.4) is 0 Å². The number of nitrogens with zero attached hydrogens (tertiary/aromatic N) is 2. The maximum atomic E-state index is 13.0. The van der Waals surface area contributed by atoms with E-state index >= 15 is 0 Å². The lowest BCUT2D eigenvalue weighted by Crippen LogP contribution is -2.56. The van der Waals surface area contributed by atoms with Gasteiger partial charge >= 0.3 is 12.1 Å². The van der Waals surface area contributed by atoms with Crippen LogP contribution >= 0.6 is 0 Å². The number of benzene rings is 2. The number of esters is 1. The summed E-state index contributed by atoms with van der Waals surface area (Å²) < 4.78 is 11.1. The monoisotopic (exact) mass is 476 g/mol. The van der Waals surface area contributed by atoms with E-state index in [2.05, 4.69) is 17.5 Å². The number of amides is 1. The van der Waals surface area contributed by atoms with E-state index in [1.54, 1.807) is 4.90 Å². The molecule has 1 saturated heterocycles. The lowest BCUT2D eigenvalue weighted by Gasteiger charge is -2.54. The van der Waals surface area contributed by atoms with Gasteiger partial charge in [-0.1, -0.05) is 48.5 Å². The van der Waals surface area contributed by atoms with Crippen molar-refractivity contribution in [2.24, 2.45) is 5.92 Å². The highest BCUT2D eigenvalue weighted by Gasteiger charge is 2.49. The van der Waals surface area contributed by atoms with E-state index in [0.717, 1.165) is 50.9 Å². The summed E-state index contributed by atoms with van der Waals surface area (Å²) in [5.74, 6) is 0.711. The molecule has 1 aliphatic carbocycles. The van der Waals surface area contributed by atoms with Crippen molar-refractivity contribution in [3.8, 4) is 5.75 Å². The van der Waals surface area contributed by atoms with E-state index in [-0.39, 0.29) is 30.1 Å². The molecule has 6 nitrogen and oxygen atoms in total. The number of carbonyl (C=O) groups is 2. The molecule has 2 fully saturated rings. The lowest BCUT2D eigenvalue weighted by atomic mass is 9.58. The van der Waals surface area contributed by atoms with E-state index in [0.29, 0.717) is 11.7 Å². The molecule has 0 aromatic heterocycles. The average Bonchev–Trinajstić information content (AvgIpc) is 2.87. The van der Waals surface area contributed by atoms with Gasteiger partial charge in [0.25, 0.3) is 0 Å². The second kappa shape index (κ2) is 11.1. The summed E-state index contributed by atoms with van der Waals surface area (Å²) >= 11 is 0. The fourth-order valence-electron chi connectivity index (χ4n) is 5.87. The fourth-order valence-corrected chi connectivity index (χ4v) is 5.87. The Hall–Kier alpha value is -3.12. The van der Waals surface area contributed by atoms with Gasteiger partial charge < -0.3 is 14.4 Å². The standard InChI is InChI=1S/C29H36N2O4/c1-4-16-31-17-15-29(24-11-8-12-27(18-24)35-22(2)32)19-26(14-13-25(29)20-31)30(3)28(33)34-21-23-9-6-5-7-10-23/h4-12,18,25-26H,1,13-17,19-21H2,2-3H3/t25-,26-,29+/m1/s1. The van der Waals surface area contributed by atoms with Crippen molar-refractivity contribution < 1.29 is 19.1 Å². The number of carbonyl (C=O) groups excluding carboxylic acids is 2. The second-order valence-corrected chi connectivity index (χ2v) is 9.86. The van der Waals surface area contributed by atoms with Gasteiger partial charge in [0.1, 0.15) is 12.4 Å². The normalized spacial score (nSPS) is 24.2. The zero-order chi connectivity index (χ0) is 24.8. The maximum absolute atomic E-state index is 13.0. The quantitative estimate of drug-likeness (QED) is 0.313. The van der Waals surface area contributed by atoms with Gasteiger partial charge in [-0.3, -0.25) is 9.69 Å². The smallest absolute Gasteiger partial charge is 0.410 e.